The topological polar surface area (TPSA) is 40.5 Å². The predicted octanol–water partition coefficient (Wildman–Crippen LogP) is 5.35. The molecule has 0 N–H and O–H groups in total. The third-order valence-electron chi connectivity index (χ3n) is 4.42. The SMILES string of the molecule is C/C=C/c1cn(Cc2ccccc2)c(P(=O)(OC)OC)c1-c1ccccc1. The van der Waals surface area contributed by atoms with Crippen LogP contribution in [0.1, 0.15) is 18.1 Å². The summed E-state index contributed by atoms with van der Waals surface area (Å²) >= 11 is 0. The summed E-state index contributed by atoms with van der Waals surface area (Å²) in [5, 5.41) is 0. The van der Waals surface area contributed by atoms with Crippen LogP contribution in [0.4, 0.5) is 0 Å². The average molecular weight is 381 g/mol. The Balaban J connectivity index is 2.28. The van der Waals surface area contributed by atoms with Crippen molar-refractivity contribution in [3.05, 3.63) is 84.1 Å². The van der Waals surface area contributed by atoms with Crippen LogP contribution in [0, 0.1) is 0 Å². The Morgan fingerprint density at radius 2 is 1.56 bits per heavy atom. The van der Waals surface area contributed by atoms with Gasteiger partial charge in [0.1, 0.15) is 5.44 Å². The lowest BCUT2D eigenvalue weighted by atomic mass is 10.0. The highest BCUT2D eigenvalue weighted by molar-refractivity contribution is 7.62. The molecule has 0 amide bonds. The van der Waals surface area contributed by atoms with Crippen molar-refractivity contribution in [1.82, 2.24) is 4.57 Å². The van der Waals surface area contributed by atoms with Gasteiger partial charge in [-0.2, -0.15) is 0 Å². The van der Waals surface area contributed by atoms with E-state index in [4.69, 9.17) is 9.05 Å². The number of rotatable bonds is 7. The Kier molecular flexibility index (Phi) is 6.12. The first-order chi connectivity index (χ1) is 13.1. The zero-order valence-electron chi connectivity index (χ0n) is 15.8. The fourth-order valence-corrected chi connectivity index (χ4v) is 4.69. The minimum atomic E-state index is -3.48. The van der Waals surface area contributed by atoms with Crippen LogP contribution in [0.5, 0.6) is 0 Å². The summed E-state index contributed by atoms with van der Waals surface area (Å²) in [6.07, 6.45) is 6.00. The molecule has 0 aliphatic rings. The standard InChI is InChI=1S/C22H24NO3P/c1-4-11-20-17-23(16-18-12-7-5-8-13-18)22(27(24,25-2)26-3)21(20)19-14-9-6-10-15-19/h4-15,17H,16H2,1-3H3/b11-4+. The molecule has 0 spiro atoms. The number of aromatic nitrogens is 1. The maximum Gasteiger partial charge on any atom is 0.377 e. The molecule has 0 radical (unpaired) electrons. The van der Waals surface area contributed by atoms with Crippen LogP contribution in [-0.4, -0.2) is 18.8 Å². The van der Waals surface area contributed by atoms with Crippen LogP contribution in [-0.2, 0) is 20.2 Å². The molecule has 0 saturated carbocycles. The van der Waals surface area contributed by atoms with Crippen molar-refractivity contribution in [3.63, 3.8) is 0 Å². The third-order valence-corrected chi connectivity index (χ3v) is 6.38. The van der Waals surface area contributed by atoms with Gasteiger partial charge in [0.15, 0.2) is 0 Å². The van der Waals surface area contributed by atoms with E-state index >= 15 is 0 Å². The van der Waals surface area contributed by atoms with Crippen LogP contribution in [0.25, 0.3) is 17.2 Å². The van der Waals surface area contributed by atoms with E-state index in [-0.39, 0.29) is 0 Å². The van der Waals surface area contributed by atoms with Crippen molar-refractivity contribution in [2.24, 2.45) is 0 Å². The van der Waals surface area contributed by atoms with Gasteiger partial charge in [-0.1, -0.05) is 72.8 Å². The number of allylic oxidation sites excluding steroid dienone is 1. The number of nitrogens with zero attached hydrogens (tertiary/aromatic N) is 1. The zero-order valence-corrected chi connectivity index (χ0v) is 16.7. The molecule has 4 nitrogen and oxygen atoms in total. The molecule has 2 aromatic carbocycles. The first-order valence-electron chi connectivity index (χ1n) is 8.80. The second-order valence-corrected chi connectivity index (χ2v) is 8.27. The molecule has 3 aromatic rings. The van der Waals surface area contributed by atoms with E-state index in [9.17, 15) is 4.57 Å². The number of benzene rings is 2. The fourth-order valence-electron chi connectivity index (χ4n) is 3.22. The second kappa shape index (κ2) is 8.53. The summed E-state index contributed by atoms with van der Waals surface area (Å²) in [4.78, 5) is 0. The van der Waals surface area contributed by atoms with E-state index in [1.807, 2.05) is 90.5 Å². The van der Waals surface area contributed by atoms with E-state index < -0.39 is 7.60 Å². The Bertz CT molecular complexity index is 954. The number of hydrogen-bond acceptors (Lipinski definition) is 3. The molecule has 3 rings (SSSR count). The minimum Gasteiger partial charge on any atom is -0.336 e. The molecule has 0 saturated heterocycles. The van der Waals surface area contributed by atoms with Gasteiger partial charge in [0.05, 0.1) is 0 Å². The van der Waals surface area contributed by atoms with Gasteiger partial charge in [0.2, 0.25) is 0 Å². The van der Waals surface area contributed by atoms with Crippen molar-refractivity contribution >= 4 is 19.1 Å². The minimum absolute atomic E-state index is 0.565. The lowest BCUT2D eigenvalue weighted by molar-refractivity contribution is 0.285. The van der Waals surface area contributed by atoms with Crippen molar-refractivity contribution in [2.75, 3.05) is 14.2 Å². The maximum absolute atomic E-state index is 13.5. The average Bonchev–Trinajstić information content (AvgIpc) is 3.07. The van der Waals surface area contributed by atoms with Crippen molar-refractivity contribution in [3.8, 4) is 11.1 Å². The second-order valence-electron chi connectivity index (χ2n) is 6.13. The molecule has 1 aromatic heterocycles. The fraction of sp³-hybridized carbons (Fsp3) is 0.182. The summed E-state index contributed by atoms with van der Waals surface area (Å²) in [6, 6.07) is 20.0. The van der Waals surface area contributed by atoms with Gasteiger partial charge in [-0.3, -0.25) is 4.57 Å². The van der Waals surface area contributed by atoms with Gasteiger partial charge >= 0.3 is 7.60 Å². The summed E-state index contributed by atoms with van der Waals surface area (Å²) in [5.74, 6) is 0. The molecule has 1 heterocycles. The van der Waals surface area contributed by atoms with E-state index in [0.29, 0.717) is 12.0 Å². The Labute approximate surface area is 160 Å². The van der Waals surface area contributed by atoms with Crippen molar-refractivity contribution in [2.45, 2.75) is 13.5 Å². The predicted molar refractivity (Wildman–Crippen MR) is 111 cm³/mol. The van der Waals surface area contributed by atoms with Gasteiger partial charge in [0.25, 0.3) is 0 Å². The molecular formula is C22H24NO3P. The van der Waals surface area contributed by atoms with Gasteiger partial charge in [-0.25, -0.2) is 0 Å². The van der Waals surface area contributed by atoms with E-state index in [2.05, 4.69) is 0 Å². The quantitative estimate of drug-likeness (QED) is 0.518. The van der Waals surface area contributed by atoms with Crippen LogP contribution in [0.15, 0.2) is 72.9 Å². The molecule has 0 aliphatic carbocycles. The normalized spacial score (nSPS) is 12.0. The van der Waals surface area contributed by atoms with Crippen molar-refractivity contribution < 1.29 is 13.6 Å². The lowest BCUT2D eigenvalue weighted by Gasteiger charge is -2.19. The zero-order chi connectivity index (χ0) is 19.3. The summed E-state index contributed by atoms with van der Waals surface area (Å²) in [6.45, 7) is 2.54. The molecule has 140 valence electrons. The van der Waals surface area contributed by atoms with Crippen molar-refractivity contribution in [1.29, 1.82) is 0 Å². The molecule has 0 bridgehead atoms. The highest BCUT2D eigenvalue weighted by Gasteiger charge is 2.34. The lowest BCUT2D eigenvalue weighted by Crippen LogP contribution is -2.21. The largest absolute Gasteiger partial charge is 0.377 e. The number of hydrogen-bond donors (Lipinski definition) is 0. The van der Waals surface area contributed by atoms with Crippen LogP contribution in [0.3, 0.4) is 0 Å². The van der Waals surface area contributed by atoms with Gasteiger partial charge in [-0.15, -0.1) is 0 Å². The molecular weight excluding hydrogens is 357 g/mol. The summed E-state index contributed by atoms with van der Waals surface area (Å²) in [5.41, 5.74) is 4.50. The summed E-state index contributed by atoms with van der Waals surface area (Å²) < 4.78 is 26.2. The Morgan fingerprint density at radius 1 is 0.963 bits per heavy atom. The first kappa shape index (κ1) is 19.4. The highest BCUT2D eigenvalue weighted by Crippen LogP contribution is 2.49. The third kappa shape index (κ3) is 3.98. The summed E-state index contributed by atoms with van der Waals surface area (Å²) in [7, 11) is -0.635. The monoisotopic (exact) mass is 381 g/mol. The van der Waals surface area contributed by atoms with Gasteiger partial charge in [-0.05, 0) is 18.1 Å². The van der Waals surface area contributed by atoms with Gasteiger partial charge < -0.3 is 13.6 Å². The van der Waals surface area contributed by atoms with Gasteiger partial charge in [0, 0.05) is 38.1 Å². The molecule has 0 fully saturated rings. The van der Waals surface area contributed by atoms with E-state index in [0.717, 1.165) is 22.3 Å². The molecule has 27 heavy (non-hydrogen) atoms. The van der Waals surface area contributed by atoms with Crippen LogP contribution in [0.2, 0.25) is 0 Å². The van der Waals surface area contributed by atoms with Crippen LogP contribution < -0.4 is 5.44 Å². The Morgan fingerprint density at radius 3 is 2.11 bits per heavy atom. The Hall–Kier alpha value is -2.39. The van der Waals surface area contributed by atoms with E-state index in [1.165, 1.54) is 14.2 Å². The van der Waals surface area contributed by atoms with E-state index in [1.54, 1.807) is 0 Å². The molecule has 0 atom stereocenters. The molecule has 0 unspecified atom stereocenters. The molecule has 0 aliphatic heterocycles. The molecule has 5 heteroatoms. The maximum atomic E-state index is 13.5. The smallest absolute Gasteiger partial charge is 0.336 e. The first-order valence-corrected chi connectivity index (χ1v) is 10.3. The highest BCUT2D eigenvalue weighted by atomic mass is 31.2. The van der Waals surface area contributed by atoms with Crippen LogP contribution >= 0.6 is 7.60 Å².